The standard InChI is InChI=1S/C10H7BrClNOS/c11-9-8(5-14)15-10(13-9)6-3-1-2-4-7(6)12/h1-4,14H,5H2. The van der Waals surface area contributed by atoms with Crippen LogP contribution in [0.25, 0.3) is 10.6 Å². The number of thiazole rings is 1. The molecule has 78 valence electrons. The van der Waals surface area contributed by atoms with Gasteiger partial charge in [0.15, 0.2) is 0 Å². The van der Waals surface area contributed by atoms with Crippen molar-refractivity contribution < 1.29 is 5.11 Å². The van der Waals surface area contributed by atoms with Crippen molar-refractivity contribution in [2.24, 2.45) is 0 Å². The number of benzene rings is 1. The molecular weight excluding hydrogens is 298 g/mol. The van der Waals surface area contributed by atoms with Crippen LogP contribution < -0.4 is 0 Å². The van der Waals surface area contributed by atoms with Crippen molar-refractivity contribution in [3.63, 3.8) is 0 Å². The summed E-state index contributed by atoms with van der Waals surface area (Å²) in [5, 5.41) is 10.5. The summed E-state index contributed by atoms with van der Waals surface area (Å²) in [6.45, 7) is -0.0112. The topological polar surface area (TPSA) is 33.1 Å². The van der Waals surface area contributed by atoms with Gasteiger partial charge in [-0.2, -0.15) is 0 Å². The number of hydrogen-bond acceptors (Lipinski definition) is 3. The first kappa shape index (κ1) is 11.1. The number of rotatable bonds is 2. The Labute approximate surface area is 105 Å². The predicted molar refractivity (Wildman–Crippen MR) is 66.2 cm³/mol. The normalized spacial score (nSPS) is 10.6. The summed E-state index contributed by atoms with van der Waals surface area (Å²) in [5.41, 5.74) is 0.893. The van der Waals surface area contributed by atoms with Crippen LogP contribution >= 0.6 is 38.9 Å². The molecule has 0 saturated carbocycles. The number of aromatic nitrogens is 1. The van der Waals surface area contributed by atoms with Gasteiger partial charge in [0.25, 0.3) is 0 Å². The number of aliphatic hydroxyl groups is 1. The first-order valence-corrected chi connectivity index (χ1v) is 6.22. The molecule has 0 saturated heterocycles. The zero-order valence-corrected chi connectivity index (χ0v) is 10.7. The highest BCUT2D eigenvalue weighted by Gasteiger charge is 2.11. The molecule has 2 nitrogen and oxygen atoms in total. The molecule has 15 heavy (non-hydrogen) atoms. The molecule has 0 aliphatic carbocycles. The molecular formula is C10H7BrClNOS. The fraction of sp³-hybridized carbons (Fsp3) is 0.100. The summed E-state index contributed by atoms with van der Waals surface area (Å²) in [6, 6.07) is 7.52. The zero-order chi connectivity index (χ0) is 10.8. The van der Waals surface area contributed by atoms with E-state index in [0.29, 0.717) is 9.63 Å². The molecule has 1 N–H and O–H groups in total. The highest BCUT2D eigenvalue weighted by molar-refractivity contribution is 9.10. The van der Waals surface area contributed by atoms with Gasteiger partial charge in [0.2, 0.25) is 0 Å². The molecule has 0 spiro atoms. The average Bonchev–Trinajstić information content (AvgIpc) is 2.60. The maximum Gasteiger partial charge on any atom is 0.126 e. The largest absolute Gasteiger partial charge is 0.391 e. The van der Waals surface area contributed by atoms with Crippen LogP contribution in [0.4, 0.5) is 0 Å². The molecule has 1 aromatic carbocycles. The van der Waals surface area contributed by atoms with Crippen LogP contribution in [-0.2, 0) is 6.61 Å². The van der Waals surface area contributed by atoms with Gasteiger partial charge >= 0.3 is 0 Å². The van der Waals surface area contributed by atoms with Gasteiger partial charge in [0.1, 0.15) is 9.61 Å². The molecule has 0 radical (unpaired) electrons. The van der Waals surface area contributed by atoms with Crippen molar-refractivity contribution in [3.05, 3.63) is 38.8 Å². The lowest BCUT2D eigenvalue weighted by atomic mass is 10.2. The molecule has 2 rings (SSSR count). The number of hydrogen-bond donors (Lipinski definition) is 1. The van der Waals surface area contributed by atoms with Crippen LogP contribution in [0.1, 0.15) is 4.88 Å². The molecule has 0 amide bonds. The van der Waals surface area contributed by atoms with Gasteiger partial charge in [-0.15, -0.1) is 11.3 Å². The molecule has 0 unspecified atom stereocenters. The van der Waals surface area contributed by atoms with Crippen molar-refractivity contribution in [2.75, 3.05) is 0 Å². The van der Waals surface area contributed by atoms with Crippen LogP contribution in [0.15, 0.2) is 28.9 Å². The number of aliphatic hydroxyl groups excluding tert-OH is 1. The van der Waals surface area contributed by atoms with Gasteiger partial charge in [0, 0.05) is 5.56 Å². The Hall–Kier alpha value is -0.420. The summed E-state index contributed by atoms with van der Waals surface area (Å²) in [7, 11) is 0. The van der Waals surface area contributed by atoms with E-state index in [1.54, 1.807) is 0 Å². The minimum atomic E-state index is -0.0112. The van der Waals surface area contributed by atoms with E-state index in [9.17, 15) is 0 Å². The van der Waals surface area contributed by atoms with E-state index >= 15 is 0 Å². The number of nitrogens with zero attached hydrogens (tertiary/aromatic N) is 1. The van der Waals surface area contributed by atoms with E-state index in [-0.39, 0.29) is 6.61 Å². The second-order valence-electron chi connectivity index (χ2n) is 2.87. The lowest BCUT2D eigenvalue weighted by Gasteiger charge is -1.97. The predicted octanol–water partition coefficient (Wildman–Crippen LogP) is 3.72. The second kappa shape index (κ2) is 4.61. The second-order valence-corrected chi connectivity index (χ2v) is 5.11. The smallest absolute Gasteiger partial charge is 0.126 e. The molecule has 0 fully saturated rings. The molecule has 2 aromatic rings. The average molecular weight is 305 g/mol. The Bertz CT molecular complexity index is 486. The van der Waals surface area contributed by atoms with Crippen molar-refractivity contribution in [3.8, 4) is 10.6 Å². The molecule has 1 aromatic heterocycles. The molecule has 1 heterocycles. The van der Waals surface area contributed by atoms with Gasteiger partial charge in [-0.3, -0.25) is 0 Å². The summed E-state index contributed by atoms with van der Waals surface area (Å²) in [6.07, 6.45) is 0. The highest BCUT2D eigenvalue weighted by atomic mass is 79.9. The summed E-state index contributed by atoms with van der Waals surface area (Å²) in [5.74, 6) is 0. The zero-order valence-electron chi connectivity index (χ0n) is 7.58. The van der Waals surface area contributed by atoms with Gasteiger partial charge < -0.3 is 5.11 Å². The van der Waals surface area contributed by atoms with Gasteiger partial charge in [-0.05, 0) is 22.0 Å². The fourth-order valence-electron chi connectivity index (χ4n) is 1.18. The van der Waals surface area contributed by atoms with E-state index in [1.165, 1.54) is 11.3 Å². The summed E-state index contributed by atoms with van der Waals surface area (Å²) < 4.78 is 0.685. The molecule has 0 atom stereocenters. The quantitative estimate of drug-likeness (QED) is 0.917. The van der Waals surface area contributed by atoms with Crippen LogP contribution in [0.5, 0.6) is 0 Å². The third kappa shape index (κ3) is 2.23. The van der Waals surface area contributed by atoms with E-state index < -0.39 is 0 Å². The van der Waals surface area contributed by atoms with Gasteiger partial charge in [0.05, 0.1) is 16.5 Å². The summed E-state index contributed by atoms with van der Waals surface area (Å²) in [4.78, 5) is 5.11. The Morgan fingerprint density at radius 2 is 2.13 bits per heavy atom. The lowest BCUT2D eigenvalue weighted by Crippen LogP contribution is -1.77. The molecule has 5 heteroatoms. The molecule has 0 aliphatic heterocycles. The van der Waals surface area contributed by atoms with E-state index in [0.717, 1.165) is 15.4 Å². The fourth-order valence-corrected chi connectivity index (χ4v) is 2.98. The van der Waals surface area contributed by atoms with E-state index in [2.05, 4.69) is 20.9 Å². The van der Waals surface area contributed by atoms with Crippen LogP contribution in [-0.4, -0.2) is 10.1 Å². The van der Waals surface area contributed by atoms with Crippen LogP contribution in [0, 0.1) is 0 Å². The highest BCUT2D eigenvalue weighted by Crippen LogP contribution is 2.34. The van der Waals surface area contributed by atoms with Crippen molar-refractivity contribution in [2.45, 2.75) is 6.61 Å². The van der Waals surface area contributed by atoms with Gasteiger partial charge in [-0.1, -0.05) is 29.8 Å². The summed E-state index contributed by atoms with van der Waals surface area (Å²) >= 11 is 10.8. The van der Waals surface area contributed by atoms with E-state index in [4.69, 9.17) is 16.7 Å². The van der Waals surface area contributed by atoms with Crippen molar-refractivity contribution in [1.82, 2.24) is 4.98 Å². The Balaban J connectivity index is 2.50. The first-order valence-electron chi connectivity index (χ1n) is 4.23. The first-order chi connectivity index (χ1) is 7.22. The maximum atomic E-state index is 9.06. The Kier molecular flexibility index (Phi) is 3.41. The minimum absolute atomic E-state index is 0.0112. The van der Waals surface area contributed by atoms with Crippen LogP contribution in [0.3, 0.4) is 0 Å². The van der Waals surface area contributed by atoms with E-state index in [1.807, 2.05) is 24.3 Å². The van der Waals surface area contributed by atoms with Crippen molar-refractivity contribution >= 4 is 38.9 Å². The molecule has 0 bridgehead atoms. The Morgan fingerprint density at radius 1 is 1.40 bits per heavy atom. The van der Waals surface area contributed by atoms with Crippen LogP contribution in [0.2, 0.25) is 5.02 Å². The third-order valence-electron chi connectivity index (χ3n) is 1.90. The molecule has 0 aliphatic rings. The van der Waals surface area contributed by atoms with Crippen molar-refractivity contribution in [1.29, 1.82) is 0 Å². The number of halogens is 2. The third-order valence-corrected chi connectivity index (χ3v) is 4.22. The SMILES string of the molecule is OCc1sc(-c2ccccc2Cl)nc1Br. The maximum absolute atomic E-state index is 9.06. The Morgan fingerprint density at radius 3 is 2.73 bits per heavy atom. The lowest BCUT2D eigenvalue weighted by molar-refractivity contribution is 0.284. The van der Waals surface area contributed by atoms with Gasteiger partial charge in [-0.25, -0.2) is 4.98 Å². The monoisotopic (exact) mass is 303 g/mol. The minimum Gasteiger partial charge on any atom is -0.391 e.